The molecule has 0 aromatic carbocycles. The van der Waals surface area contributed by atoms with Crippen LogP contribution in [-0.2, 0) is 9.53 Å². The first kappa shape index (κ1) is 13.9. The predicted molar refractivity (Wildman–Crippen MR) is 65.6 cm³/mol. The Labute approximate surface area is 116 Å². The van der Waals surface area contributed by atoms with Crippen molar-refractivity contribution in [1.29, 1.82) is 0 Å². The van der Waals surface area contributed by atoms with Gasteiger partial charge in [0.15, 0.2) is 6.23 Å². The quantitative estimate of drug-likeness (QED) is 0.256. The smallest absolute Gasteiger partial charge is 0.327 e. The molecule has 0 aromatic heterocycles. The number of hydrogen-bond acceptors (Lipinski definition) is 6. The number of urea groups is 1. The Hall–Kier alpha value is -0.490. The minimum absolute atomic E-state index is 0.0821. The van der Waals surface area contributed by atoms with E-state index in [1.165, 1.54) is 0 Å². The van der Waals surface area contributed by atoms with Crippen LogP contribution < -0.4 is 5.32 Å². The van der Waals surface area contributed by atoms with Gasteiger partial charge >= 0.3 is 6.03 Å². The van der Waals surface area contributed by atoms with Gasteiger partial charge in [-0.2, -0.15) is 0 Å². The standard InChI is InChI=1S/C9H13IN2O6/c10-4-1-5(14)11-9(17)12(4)8-7(16)6(15)3(2-13)18-8/h3-4,6-8,13,15-16H,1-2H2,(H,11,14,17)/t3-,4?,6-,7-,8-/m1/s1. The summed E-state index contributed by atoms with van der Waals surface area (Å²) in [6, 6.07) is -0.680. The van der Waals surface area contributed by atoms with E-state index in [4.69, 9.17) is 9.84 Å². The van der Waals surface area contributed by atoms with Crippen LogP contribution in [0.4, 0.5) is 4.79 Å². The molecule has 8 nitrogen and oxygen atoms in total. The van der Waals surface area contributed by atoms with Crippen LogP contribution in [0.1, 0.15) is 6.42 Å². The van der Waals surface area contributed by atoms with Crippen molar-refractivity contribution < 1.29 is 29.6 Å². The Kier molecular flexibility index (Phi) is 4.06. The zero-order chi connectivity index (χ0) is 13.4. The molecule has 3 amide bonds. The van der Waals surface area contributed by atoms with Gasteiger partial charge in [-0.05, 0) is 0 Å². The van der Waals surface area contributed by atoms with E-state index in [1.54, 1.807) is 0 Å². The summed E-state index contributed by atoms with van der Waals surface area (Å²) in [6.07, 6.45) is -4.53. The second-order valence-corrected chi connectivity index (χ2v) is 5.57. The minimum atomic E-state index is -1.32. The van der Waals surface area contributed by atoms with Gasteiger partial charge in [0.2, 0.25) is 5.91 Å². The molecule has 0 aliphatic carbocycles. The van der Waals surface area contributed by atoms with Crippen molar-refractivity contribution in [2.45, 2.75) is 35.0 Å². The van der Waals surface area contributed by atoms with Crippen molar-refractivity contribution in [3.05, 3.63) is 0 Å². The first-order valence-electron chi connectivity index (χ1n) is 5.34. The molecule has 4 N–H and O–H groups in total. The number of aliphatic hydroxyl groups is 3. The zero-order valence-electron chi connectivity index (χ0n) is 9.19. The summed E-state index contributed by atoms with van der Waals surface area (Å²) < 4.78 is 4.77. The molecule has 2 aliphatic rings. The maximum atomic E-state index is 11.7. The highest BCUT2D eigenvalue weighted by Gasteiger charge is 2.49. The highest BCUT2D eigenvalue weighted by atomic mass is 127. The van der Waals surface area contributed by atoms with Gasteiger partial charge in [-0.3, -0.25) is 15.0 Å². The molecule has 2 heterocycles. The molecule has 0 aromatic rings. The molecular formula is C9H13IN2O6. The van der Waals surface area contributed by atoms with Gasteiger partial charge in [-0.15, -0.1) is 0 Å². The number of ether oxygens (including phenoxy) is 1. The predicted octanol–water partition coefficient (Wildman–Crippen LogP) is -1.87. The number of nitrogens with zero attached hydrogens (tertiary/aromatic N) is 1. The van der Waals surface area contributed by atoms with Gasteiger partial charge in [-0.25, -0.2) is 4.79 Å². The van der Waals surface area contributed by atoms with E-state index in [9.17, 15) is 19.8 Å². The van der Waals surface area contributed by atoms with Gasteiger partial charge in [0.1, 0.15) is 18.3 Å². The van der Waals surface area contributed by atoms with Crippen LogP contribution in [-0.4, -0.2) is 67.4 Å². The van der Waals surface area contributed by atoms with Gasteiger partial charge in [-0.1, -0.05) is 22.6 Å². The molecule has 5 atom stereocenters. The van der Waals surface area contributed by atoms with E-state index in [2.05, 4.69) is 5.32 Å². The third-order valence-electron chi connectivity index (χ3n) is 2.93. The lowest BCUT2D eigenvalue weighted by Gasteiger charge is -2.36. The molecular weight excluding hydrogens is 359 g/mol. The fraction of sp³-hybridized carbons (Fsp3) is 0.778. The lowest BCUT2D eigenvalue weighted by Crippen LogP contribution is -2.59. The first-order chi connectivity index (χ1) is 8.45. The van der Waals surface area contributed by atoms with Crippen LogP contribution in [0, 0.1) is 0 Å². The first-order valence-corrected chi connectivity index (χ1v) is 6.59. The summed E-state index contributed by atoms with van der Waals surface area (Å²) in [4.78, 5) is 24.0. The van der Waals surface area contributed by atoms with E-state index in [-0.39, 0.29) is 6.42 Å². The Morgan fingerprint density at radius 2 is 2.06 bits per heavy atom. The molecule has 0 radical (unpaired) electrons. The van der Waals surface area contributed by atoms with Crippen molar-refractivity contribution in [2.24, 2.45) is 0 Å². The Morgan fingerprint density at radius 1 is 1.39 bits per heavy atom. The number of carbonyl (C=O) groups excluding carboxylic acids is 2. The topological polar surface area (TPSA) is 119 Å². The van der Waals surface area contributed by atoms with Crippen LogP contribution in [0.2, 0.25) is 0 Å². The minimum Gasteiger partial charge on any atom is -0.394 e. The molecule has 2 saturated heterocycles. The van der Waals surface area contributed by atoms with E-state index >= 15 is 0 Å². The summed E-state index contributed by atoms with van der Waals surface area (Å²) in [5.41, 5.74) is 0. The molecule has 0 saturated carbocycles. The van der Waals surface area contributed by atoms with Crippen LogP contribution in [0.3, 0.4) is 0 Å². The average molecular weight is 372 g/mol. The molecule has 9 heteroatoms. The average Bonchev–Trinajstić information content (AvgIpc) is 2.56. The largest absolute Gasteiger partial charge is 0.394 e. The lowest BCUT2D eigenvalue weighted by molar-refractivity contribution is -0.126. The van der Waals surface area contributed by atoms with E-state index < -0.39 is 47.1 Å². The fourth-order valence-corrected chi connectivity index (χ4v) is 2.97. The van der Waals surface area contributed by atoms with Crippen molar-refractivity contribution in [3.8, 4) is 0 Å². The summed E-state index contributed by atoms with van der Waals surface area (Å²) in [5.74, 6) is -0.401. The van der Waals surface area contributed by atoms with Crippen LogP contribution >= 0.6 is 22.6 Å². The maximum absolute atomic E-state index is 11.7. The fourth-order valence-electron chi connectivity index (χ4n) is 2.00. The number of imide groups is 1. The number of amides is 3. The Morgan fingerprint density at radius 3 is 2.56 bits per heavy atom. The second kappa shape index (κ2) is 5.25. The third kappa shape index (κ3) is 2.32. The SMILES string of the molecule is O=C1CC(I)N([C@@H]2O[C@H](CO)[C@@H](O)[C@H]2O)C(=O)N1. The number of nitrogens with one attached hydrogen (secondary N) is 1. The number of rotatable bonds is 2. The summed E-state index contributed by atoms with van der Waals surface area (Å²) in [5, 5.41) is 30.5. The normalized spacial score (nSPS) is 41.1. The number of hydrogen-bond donors (Lipinski definition) is 4. The molecule has 18 heavy (non-hydrogen) atoms. The number of carbonyl (C=O) groups is 2. The summed E-state index contributed by atoms with van der Waals surface area (Å²) >= 11 is 1.88. The number of halogens is 1. The van der Waals surface area contributed by atoms with Crippen molar-refractivity contribution >= 4 is 34.5 Å². The highest BCUT2D eigenvalue weighted by molar-refractivity contribution is 14.1. The molecule has 102 valence electrons. The van der Waals surface area contributed by atoms with Crippen molar-refractivity contribution in [2.75, 3.05) is 6.61 Å². The second-order valence-electron chi connectivity index (χ2n) is 4.13. The lowest BCUT2D eigenvalue weighted by atomic mass is 10.1. The van der Waals surface area contributed by atoms with Crippen LogP contribution in [0.15, 0.2) is 0 Å². The Bertz CT molecular complexity index is 367. The molecule has 2 aliphatic heterocycles. The molecule has 1 unspecified atom stereocenters. The number of alkyl halides is 1. The van der Waals surface area contributed by atoms with Crippen molar-refractivity contribution in [3.63, 3.8) is 0 Å². The molecule has 2 fully saturated rings. The van der Waals surface area contributed by atoms with E-state index in [0.717, 1.165) is 4.90 Å². The molecule has 0 bridgehead atoms. The monoisotopic (exact) mass is 372 g/mol. The maximum Gasteiger partial charge on any atom is 0.327 e. The van der Waals surface area contributed by atoms with Gasteiger partial charge in [0, 0.05) is 0 Å². The van der Waals surface area contributed by atoms with Crippen LogP contribution in [0.25, 0.3) is 0 Å². The Balaban J connectivity index is 2.16. The van der Waals surface area contributed by atoms with Gasteiger partial charge in [0.05, 0.1) is 17.1 Å². The summed E-state index contributed by atoms with van der Waals surface area (Å²) in [7, 11) is 0. The van der Waals surface area contributed by atoms with E-state index in [1.807, 2.05) is 22.6 Å². The molecule has 0 spiro atoms. The third-order valence-corrected chi connectivity index (χ3v) is 3.97. The summed E-state index contributed by atoms with van der Waals surface area (Å²) in [6.45, 7) is -0.463. The zero-order valence-corrected chi connectivity index (χ0v) is 11.4. The number of aliphatic hydroxyl groups excluding tert-OH is 3. The van der Waals surface area contributed by atoms with E-state index in [0.29, 0.717) is 0 Å². The van der Waals surface area contributed by atoms with Crippen molar-refractivity contribution in [1.82, 2.24) is 10.2 Å². The van der Waals surface area contributed by atoms with Crippen LogP contribution in [0.5, 0.6) is 0 Å². The molecule has 2 rings (SSSR count). The van der Waals surface area contributed by atoms with Gasteiger partial charge in [0.25, 0.3) is 0 Å². The highest BCUT2D eigenvalue weighted by Crippen LogP contribution is 2.29. The van der Waals surface area contributed by atoms with Gasteiger partial charge < -0.3 is 20.1 Å².